The number of nitrogens with zero attached hydrogens (tertiary/aromatic N) is 1. The number of hydrogen-bond donors (Lipinski definition) is 2. The molecule has 0 aliphatic rings. The molecule has 2 N–H and O–H groups in total. The van der Waals surface area contributed by atoms with Crippen LogP contribution in [-0.4, -0.2) is 27.4 Å². The summed E-state index contributed by atoms with van der Waals surface area (Å²) in [6.07, 6.45) is 3.64. The number of carbonyl (C=O) groups is 1. The minimum absolute atomic E-state index is 0.0649. The fourth-order valence-electron chi connectivity index (χ4n) is 1.57. The highest BCUT2D eigenvalue weighted by atomic mass is 79.9. The Morgan fingerprint density at radius 2 is 2.29 bits per heavy atom. The van der Waals surface area contributed by atoms with E-state index in [9.17, 15) is 9.90 Å². The summed E-state index contributed by atoms with van der Waals surface area (Å²) in [7, 11) is 0. The maximum atomic E-state index is 11.9. The van der Waals surface area contributed by atoms with E-state index < -0.39 is 0 Å². The van der Waals surface area contributed by atoms with Gasteiger partial charge in [-0.2, -0.15) is 0 Å². The van der Waals surface area contributed by atoms with Crippen LogP contribution in [0.4, 0.5) is 0 Å². The first kappa shape index (κ1) is 14.0. The van der Waals surface area contributed by atoms with Crippen LogP contribution in [0.2, 0.25) is 0 Å². The molecule has 17 heavy (non-hydrogen) atoms. The van der Waals surface area contributed by atoms with E-state index in [1.165, 1.54) is 18.5 Å². The highest BCUT2D eigenvalue weighted by molar-refractivity contribution is 9.09. The van der Waals surface area contributed by atoms with Gasteiger partial charge in [0.2, 0.25) is 0 Å². The van der Waals surface area contributed by atoms with Crippen LogP contribution in [0.5, 0.6) is 5.75 Å². The van der Waals surface area contributed by atoms with Crippen molar-refractivity contribution in [3.8, 4) is 5.75 Å². The summed E-state index contributed by atoms with van der Waals surface area (Å²) in [5.74, 6) is 0.141. The molecule has 94 valence electrons. The van der Waals surface area contributed by atoms with Gasteiger partial charge < -0.3 is 10.4 Å². The van der Waals surface area contributed by atoms with Crippen LogP contribution in [0.3, 0.4) is 0 Å². The van der Waals surface area contributed by atoms with Gasteiger partial charge in [-0.25, -0.2) is 0 Å². The molecule has 0 aromatic carbocycles. The van der Waals surface area contributed by atoms with Crippen molar-refractivity contribution in [2.24, 2.45) is 5.92 Å². The molecule has 4 nitrogen and oxygen atoms in total. The van der Waals surface area contributed by atoms with Crippen molar-refractivity contribution >= 4 is 21.8 Å². The van der Waals surface area contributed by atoms with E-state index in [2.05, 4.69) is 40.1 Å². The Kier molecular flexibility index (Phi) is 5.41. The molecular weight excluding hydrogens is 284 g/mol. The van der Waals surface area contributed by atoms with E-state index >= 15 is 0 Å². The molecule has 1 aromatic rings. The average molecular weight is 301 g/mol. The molecule has 1 rings (SSSR count). The molecular formula is C12H17BrN2O2. The second-order valence-corrected chi connectivity index (χ2v) is 4.99. The molecule has 0 saturated carbocycles. The lowest BCUT2D eigenvalue weighted by Gasteiger charge is -2.18. The highest BCUT2D eigenvalue weighted by Crippen LogP contribution is 2.15. The Morgan fingerprint density at radius 1 is 1.59 bits per heavy atom. The van der Waals surface area contributed by atoms with Gasteiger partial charge in [0.05, 0.1) is 11.8 Å². The summed E-state index contributed by atoms with van der Waals surface area (Å²) in [6.45, 7) is 4.21. The summed E-state index contributed by atoms with van der Waals surface area (Å²) < 4.78 is 0. The SMILES string of the molecule is CC(C)CC(CBr)NC(=O)c1ccncc1O. The predicted molar refractivity (Wildman–Crippen MR) is 70.4 cm³/mol. The van der Waals surface area contributed by atoms with E-state index in [-0.39, 0.29) is 23.3 Å². The van der Waals surface area contributed by atoms with Gasteiger partial charge in [0.15, 0.2) is 0 Å². The quantitative estimate of drug-likeness (QED) is 0.821. The van der Waals surface area contributed by atoms with Gasteiger partial charge >= 0.3 is 0 Å². The molecule has 1 unspecified atom stereocenters. The van der Waals surface area contributed by atoms with E-state index in [1.54, 1.807) is 0 Å². The Morgan fingerprint density at radius 3 is 2.82 bits per heavy atom. The third-order valence-corrected chi connectivity index (χ3v) is 3.10. The molecule has 0 radical (unpaired) electrons. The van der Waals surface area contributed by atoms with Crippen molar-refractivity contribution in [3.63, 3.8) is 0 Å². The van der Waals surface area contributed by atoms with E-state index in [0.717, 1.165) is 6.42 Å². The van der Waals surface area contributed by atoms with Gasteiger partial charge in [-0.15, -0.1) is 0 Å². The fraction of sp³-hybridized carbons (Fsp3) is 0.500. The summed E-state index contributed by atoms with van der Waals surface area (Å²) in [6, 6.07) is 1.57. The Bertz CT molecular complexity index is 383. The maximum Gasteiger partial charge on any atom is 0.255 e. The monoisotopic (exact) mass is 300 g/mol. The van der Waals surface area contributed by atoms with Crippen molar-refractivity contribution in [1.29, 1.82) is 0 Å². The first-order chi connectivity index (χ1) is 8.04. The lowest BCUT2D eigenvalue weighted by molar-refractivity contribution is 0.0934. The first-order valence-corrected chi connectivity index (χ1v) is 6.66. The van der Waals surface area contributed by atoms with Crippen LogP contribution in [0.1, 0.15) is 30.6 Å². The van der Waals surface area contributed by atoms with Crippen LogP contribution in [0.15, 0.2) is 18.5 Å². The maximum absolute atomic E-state index is 11.9. The molecule has 0 spiro atoms. The molecule has 0 fully saturated rings. The summed E-state index contributed by atoms with van der Waals surface area (Å²) >= 11 is 3.37. The Balaban J connectivity index is 2.68. The van der Waals surface area contributed by atoms with Gasteiger partial charge in [-0.3, -0.25) is 9.78 Å². The zero-order valence-corrected chi connectivity index (χ0v) is 11.6. The van der Waals surface area contributed by atoms with E-state index in [1.807, 2.05) is 0 Å². The Labute approximate surface area is 110 Å². The van der Waals surface area contributed by atoms with Gasteiger partial charge in [0.25, 0.3) is 5.91 Å². The lowest BCUT2D eigenvalue weighted by atomic mass is 10.0. The van der Waals surface area contributed by atoms with Crippen molar-refractivity contribution < 1.29 is 9.90 Å². The molecule has 1 aromatic heterocycles. The van der Waals surface area contributed by atoms with Crippen molar-refractivity contribution in [2.75, 3.05) is 5.33 Å². The number of alkyl halides is 1. The van der Waals surface area contributed by atoms with Gasteiger partial charge in [-0.1, -0.05) is 29.8 Å². The number of rotatable bonds is 5. The number of aromatic hydroxyl groups is 1. The first-order valence-electron chi connectivity index (χ1n) is 5.54. The number of amides is 1. The highest BCUT2D eigenvalue weighted by Gasteiger charge is 2.16. The predicted octanol–water partition coefficient (Wildman–Crippen LogP) is 2.33. The number of pyridine rings is 1. The van der Waals surface area contributed by atoms with Crippen molar-refractivity contribution in [1.82, 2.24) is 10.3 Å². The second-order valence-electron chi connectivity index (χ2n) is 4.35. The van der Waals surface area contributed by atoms with Gasteiger partial charge in [0, 0.05) is 17.6 Å². The summed E-state index contributed by atoms with van der Waals surface area (Å²) in [5.41, 5.74) is 0.259. The third-order valence-electron chi connectivity index (χ3n) is 2.32. The molecule has 1 amide bonds. The molecule has 0 aliphatic heterocycles. The van der Waals surface area contributed by atoms with E-state index in [4.69, 9.17) is 0 Å². The van der Waals surface area contributed by atoms with Crippen LogP contribution in [0.25, 0.3) is 0 Å². The second kappa shape index (κ2) is 6.59. The van der Waals surface area contributed by atoms with Crippen LogP contribution in [0, 0.1) is 5.92 Å². The van der Waals surface area contributed by atoms with Gasteiger partial charge in [-0.05, 0) is 18.4 Å². The number of carbonyl (C=O) groups excluding carboxylic acids is 1. The lowest BCUT2D eigenvalue weighted by Crippen LogP contribution is -2.37. The third kappa shape index (κ3) is 4.34. The van der Waals surface area contributed by atoms with Crippen LogP contribution >= 0.6 is 15.9 Å². The average Bonchev–Trinajstić information content (AvgIpc) is 2.27. The number of hydrogen-bond acceptors (Lipinski definition) is 3. The summed E-state index contributed by atoms with van der Waals surface area (Å²) in [4.78, 5) is 15.6. The molecule has 5 heteroatoms. The van der Waals surface area contributed by atoms with Crippen molar-refractivity contribution in [2.45, 2.75) is 26.3 Å². The molecule has 0 aliphatic carbocycles. The fourth-order valence-corrected chi connectivity index (χ4v) is 2.00. The smallest absolute Gasteiger partial charge is 0.255 e. The Hall–Kier alpha value is -1.10. The van der Waals surface area contributed by atoms with E-state index in [0.29, 0.717) is 11.2 Å². The normalized spacial score (nSPS) is 12.5. The van der Waals surface area contributed by atoms with Gasteiger partial charge in [0.1, 0.15) is 5.75 Å². The zero-order valence-electron chi connectivity index (χ0n) is 9.98. The zero-order chi connectivity index (χ0) is 12.8. The number of aromatic nitrogens is 1. The minimum Gasteiger partial charge on any atom is -0.505 e. The molecule has 1 heterocycles. The minimum atomic E-state index is -0.269. The van der Waals surface area contributed by atoms with Crippen LogP contribution in [-0.2, 0) is 0 Å². The topological polar surface area (TPSA) is 62.2 Å². The largest absolute Gasteiger partial charge is 0.505 e. The van der Waals surface area contributed by atoms with Crippen molar-refractivity contribution in [3.05, 3.63) is 24.0 Å². The molecule has 1 atom stereocenters. The number of nitrogens with one attached hydrogen (secondary N) is 1. The standard InChI is InChI=1S/C12H17BrN2O2/c1-8(2)5-9(6-13)15-12(17)10-3-4-14-7-11(10)16/h3-4,7-9,16H,5-6H2,1-2H3,(H,15,17). The molecule has 0 saturated heterocycles. The summed E-state index contributed by atoms with van der Waals surface area (Å²) in [5, 5.41) is 13.1. The number of halogens is 1. The van der Waals surface area contributed by atoms with Crippen LogP contribution < -0.4 is 5.32 Å². The molecule has 0 bridgehead atoms.